The molecule has 1 N–H and O–H groups in total. The lowest BCUT2D eigenvalue weighted by Gasteiger charge is -2.36. The monoisotopic (exact) mass is 431 g/mol. The van der Waals surface area contributed by atoms with Crippen LogP contribution in [-0.2, 0) is 9.59 Å². The maximum absolute atomic E-state index is 12.4. The van der Waals surface area contributed by atoms with Gasteiger partial charge in [-0.15, -0.1) is 0 Å². The molecule has 0 spiro atoms. The van der Waals surface area contributed by atoms with Crippen molar-refractivity contribution in [3.63, 3.8) is 0 Å². The van der Waals surface area contributed by atoms with E-state index in [1.165, 1.54) is 6.08 Å². The summed E-state index contributed by atoms with van der Waals surface area (Å²) >= 11 is 12.0. The first kappa shape index (κ1) is 21.2. The molecule has 1 heterocycles. The summed E-state index contributed by atoms with van der Waals surface area (Å²) in [4.78, 5) is 28.4. The van der Waals surface area contributed by atoms with Crippen molar-refractivity contribution >= 4 is 52.5 Å². The summed E-state index contributed by atoms with van der Waals surface area (Å²) in [6.07, 6.45) is 3.63. The molecule has 1 fully saturated rings. The third-order valence-corrected chi connectivity index (χ3v) is 5.38. The third-order valence-electron chi connectivity index (χ3n) is 4.81. The van der Waals surface area contributed by atoms with Gasteiger partial charge in [0.15, 0.2) is 0 Å². The SMILES string of the molecule is CCC(=O)N1CCN(c2ccccc2NC(=O)/C=C/c2ccc(Cl)cc2Cl)CC1. The van der Waals surface area contributed by atoms with Crippen molar-refractivity contribution in [2.75, 3.05) is 36.4 Å². The largest absolute Gasteiger partial charge is 0.366 e. The first-order valence-electron chi connectivity index (χ1n) is 9.54. The maximum atomic E-state index is 12.4. The van der Waals surface area contributed by atoms with Crippen molar-refractivity contribution in [2.45, 2.75) is 13.3 Å². The standard InChI is InChI=1S/C22H23Cl2N3O2/c1-2-22(29)27-13-11-26(12-14-27)20-6-4-3-5-19(20)25-21(28)10-8-16-7-9-17(23)15-18(16)24/h3-10,15H,2,11-14H2,1H3,(H,25,28)/b10-8+. The molecule has 2 aromatic carbocycles. The Labute approximate surface area is 180 Å². The quantitative estimate of drug-likeness (QED) is 0.697. The van der Waals surface area contributed by atoms with Gasteiger partial charge in [0.05, 0.1) is 11.4 Å². The van der Waals surface area contributed by atoms with Crippen LogP contribution in [0.1, 0.15) is 18.9 Å². The molecule has 2 amide bonds. The molecular formula is C22H23Cl2N3O2. The van der Waals surface area contributed by atoms with Crippen molar-refractivity contribution < 1.29 is 9.59 Å². The highest BCUT2D eigenvalue weighted by Crippen LogP contribution is 2.27. The fourth-order valence-corrected chi connectivity index (χ4v) is 3.72. The van der Waals surface area contributed by atoms with E-state index in [2.05, 4.69) is 10.2 Å². The maximum Gasteiger partial charge on any atom is 0.248 e. The molecular weight excluding hydrogens is 409 g/mol. The molecule has 2 aromatic rings. The molecule has 0 saturated carbocycles. The number of carbonyl (C=O) groups excluding carboxylic acids is 2. The van der Waals surface area contributed by atoms with Gasteiger partial charge in [-0.1, -0.05) is 48.3 Å². The van der Waals surface area contributed by atoms with Gasteiger partial charge in [0.1, 0.15) is 0 Å². The number of rotatable bonds is 5. The van der Waals surface area contributed by atoms with Crippen LogP contribution in [0.15, 0.2) is 48.5 Å². The lowest BCUT2D eigenvalue weighted by molar-refractivity contribution is -0.131. The number of nitrogens with zero attached hydrogens (tertiary/aromatic N) is 2. The minimum Gasteiger partial charge on any atom is -0.366 e. The summed E-state index contributed by atoms with van der Waals surface area (Å²) in [7, 11) is 0. The van der Waals surface area contributed by atoms with Crippen molar-refractivity contribution in [2.24, 2.45) is 0 Å². The van der Waals surface area contributed by atoms with Crippen LogP contribution in [-0.4, -0.2) is 42.9 Å². The van der Waals surface area contributed by atoms with Crippen molar-refractivity contribution in [3.05, 3.63) is 64.1 Å². The molecule has 0 bridgehead atoms. The van der Waals surface area contributed by atoms with Crippen LogP contribution in [0.4, 0.5) is 11.4 Å². The third kappa shape index (κ3) is 5.52. The lowest BCUT2D eigenvalue weighted by atomic mass is 10.2. The van der Waals surface area contributed by atoms with Crippen molar-refractivity contribution in [3.8, 4) is 0 Å². The van der Waals surface area contributed by atoms with Gasteiger partial charge in [0.25, 0.3) is 0 Å². The number of hydrogen-bond acceptors (Lipinski definition) is 3. The minimum atomic E-state index is -0.247. The molecule has 5 nitrogen and oxygen atoms in total. The summed E-state index contributed by atoms with van der Waals surface area (Å²) < 4.78 is 0. The van der Waals surface area contributed by atoms with E-state index in [0.29, 0.717) is 29.6 Å². The normalized spacial score (nSPS) is 14.3. The molecule has 1 saturated heterocycles. The van der Waals surface area contributed by atoms with E-state index in [1.54, 1.807) is 24.3 Å². The molecule has 1 aliphatic rings. The number of hydrogen-bond donors (Lipinski definition) is 1. The van der Waals surface area contributed by atoms with Gasteiger partial charge < -0.3 is 15.1 Å². The first-order valence-corrected chi connectivity index (χ1v) is 10.3. The van der Waals surface area contributed by atoms with Crippen LogP contribution < -0.4 is 10.2 Å². The van der Waals surface area contributed by atoms with Gasteiger partial charge in [0, 0.05) is 48.7 Å². The minimum absolute atomic E-state index is 0.178. The van der Waals surface area contributed by atoms with E-state index in [4.69, 9.17) is 23.2 Å². The zero-order valence-electron chi connectivity index (χ0n) is 16.2. The Bertz CT molecular complexity index is 922. The van der Waals surface area contributed by atoms with Crippen molar-refractivity contribution in [1.29, 1.82) is 0 Å². The smallest absolute Gasteiger partial charge is 0.248 e. The summed E-state index contributed by atoms with van der Waals surface area (Å²) in [5.74, 6) is -0.0690. The average molecular weight is 432 g/mol. The number of carbonyl (C=O) groups is 2. The first-order chi connectivity index (χ1) is 14.0. The molecule has 1 aliphatic heterocycles. The molecule has 152 valence electrons. The molecule has 0 atom stereocenters. The second-order valence-electron chi connectivity index (χ2n) is 6.73. The topological polar surface area (TPSA) is 52.7 Å². The number of halogens is 2. The highest BCUT2D eigenvalue weighted by atomic mass is 35.5. The Kier molecular flexibility index (Phi) is 7.18. The number of anilines is 2. The van der Waals surface area contributed by atoms with Crippen LogP contribution in [0, 0.1) is 0 Å². The number of nitrogens with one attached hydrogen (secondary N) is 1. The van der Waals surface area contributed by atoms with Gasteiger partial charge in [-0.2, -0.15) is 0 Å². The highest BCUT2D eigenvalue weighted by Gasteiger charge is 2.21. The lowest BCUT2D eigenvalue weighted by Crippen LogP contribution is -2.48. The summed E-state index contributed by atoms with van der Waals surface area (Å²) in [5, 5.41) is 3.97. The zero-order valence-corrected chi connectivity index (χ0v) is 17.7. The molecule has 0 aromatic heterocycles. The van der Waals surface area contributed by atoms with E-state index >= 15 is 0 Å². The Morgan fingerprint density at radius 1 is 1.07 bits per heavy atom. The van der Waals surface area contributed by atoms with Gasteiger partial charge in [-0.3, -0.25) is 9.59 Å². The van der Waals surface area contributed by atoms with Crippen LogP contribution in [0.5, 0.6) is 0 Å². The van der Waals surface area contributed by atoms with Gasteiger partial charge in [0.2, 0.25) is 11.8 Å². The van der Waals surface area contributed by atoms with Crippen LogP contribution in [0.2, 0.25) is 10.0 Å². The Morgan fingerprint density at radius 2 is 1.79 bits per heavy atom. The van der Waals surface area contributed by atoms with Gasteiger partial charge in [-0.05, 0) is 35.9 Å². The molecule has 3 rings (SSSR count). The summed E-state index contributed by atoms with van der Waals surface area (Å²) in [6, 6.07) is 12.8. The number of para-hydroxylation sites is 2. The summed E-state index contributed by atoms with van der Waals surface area (Å²) in [6.45, 7) is 4.71. The van der Waals surface area contributed by atoms with Gasteiger partial charge >= 0.3 is 0 Å². The van der Waals surface area contributed by atoms with E-state index in [1.807, 2.05) is 36.1 Å². The van der Waals surface area contributed by atoms with E-state index in [9.17, 15) is 9.59 Å². The highest BCUT2D eigenvalue weighted by molar-refractivity contribution is 6.35. The Morgan fingerprint density at radius 3 is 2.48 bits per heavy atom. The predicted molar refractivity (Wildman–Crippen MR) is 120 cm³/mol. The number of piperazine rings is 1. The van der Waals surface area contributed by atoms with Crippen LogP contribution in [0.3, 0.4) is 0 Å². The molecule has 0 aliphatic carbocycles. The predicted octanol–water partition coefficient (Wildman–Crippen LogP) is 4.70. The fourth-order valence-electron chi connectivity index (χ4n) is 3.25. The Hall–Kier alpha value is -2.50. The number of amides is 2. The van der Waals surface area contributed by atoms with Crippen LogP contribution >= 0.6 is 23.2 Å². The zero-order chi connectivity index (χ0) is 20.8. The summed E-state index contributed by atoms with van der Waals surface area (Å²) in [5.41, 5.74) is 2.40. The van der Waals surface area contributed by atoms with Crippen molar-refractivity contribution in [1.82, 2.24) is 4.90 Å². The fraction of sp³-hybridized carbons (Fsp3) is 0.273. The van der Waals surface area contributed by atoms with Gasteiger partial charge in [-0.25, -0.2) is 0 Å². The van der Waals surface area contributed by atoms with E-state index in [-0.39, 0.29) is 11.8 Å². The molecule has 0 unspecified atom stereocenters. The average Bonchev–Trinajstić information content (AvgIpc) is 2.73. The second kappa shape index (κ2) is 9.81. The second-order valence-corrected chi connectivity index (χ2v) is 7.57. The molecule has 29 heavy (non-hydrogen) atoms. The molecule has 0 radical (unpaired) electrons. The van der Waals surface area contributed by atoms with Crippen LogP contribution in [0.25, 0.3) is 6.08 Å². The van der Waals surface area contributed by atoms with E-state index in [0.717, 1.165) is 30.0 Å². The van der Waals surface area contributed by atoms with E-state index < -0.39 is 0 Å². The molecule has 7 heteroatoms. The Balaban J connectivity index is 1.67. The number of benzene rings is 2.